The summed E-state index contributed by atoms with van der Waals surface area (Å²) in [5.41, 5.74) is 2.27. The summed E-state index contributed by atoms with van der Waals surface area (Å²) in [4.78, 5) is 12.0. The van der Waals surface area contributed by atoms with Crippen LogP contribution in [0.25, 0.3) is 0 Å². The quantitative estimate of drug-likeness (QED) is 0.690. The van der Waals surface area contributed by atoms with Gasteiger partial charge >= 0.3 is 0 Å². The zero-order valence-corrected chi connectivity index (χ0v) is 16.2. The van der Waals surface area contributed by atoms with E-state index in [0.29, 0.717) is 23.8 Å². The first-order chi connectivity index (χ1) is 12.7. The first kappa shape index (κ1) is 20.0. The standard InChI is InChI=1S/C20H25NO4S/c1-23-17-7-4-16(5-8-17)13-26-14-20(22)21-11-10-15-6-9-18(24-2)19(12-15)25-3/h4-9,12H,10-11,13-14H2,1-3H3,(H,21,22). The predicted molar refractivity (Wildman–Crippen MR) is 105 cm³/mol. The molecule has 2 aromatic rings. The lowest BCUT2D eigenvalue weighted by molar-refractivity contribution is -0.118. The molecule has 0 aliphatic heterocycles. The van der Waals surface area contributed by atoms with Gasteiger partial charge in [0.25, 0.3) is 0 Å². The Morgan fingerprint density at radius 3 is 2.27 bits per heavy atom. The van der Waals surface area contributed by atoms with E-state index in [-0.39, 0.29) is 5.91 Å². The number of rotatable bonds is 10. The molecule has 0 aliphatic rings. The van der Waals surface area contributed by atoms with Crippen LogP contribution in [0.5, 0.6) is 17.2 Å². The second-order valence-corrected chi connectivity index (χ2v) is 6.62. The number of hydrogen-bond acceptors (Lipinski definition) is 5. The van der Waals surface area contributed by atoms with Crippen molar-refractivity contribution in [2.24, 2.45) is 0 Å². The summed E-state index contributed by atoms with van der Waals surface area (Å²) in [5, 5.41) is 2.95. The Kier molecular flexibility index (Phi) is 8.15. The van der Waals surface area contributed by atoms with E-state index in [1.54, 1.807) is 33.1 Å². The molecular weight excluding hydrogens is 350 g/mol. The molecule has 2 aromatic carbocycles. The van der Waals surface area contributed by atoms with Crippen molar-refractivity contribution in [3.63, 3.8) is 0 Å². The van der Waals surface area contributed by atoms with E-state index in [9.17, 15) is 4.79 Å². The molecule has 0 atom stereocenters. The molecule has 0 aliphatic carbocycles. The summed E-state index contributed by atoms with van der Waals surface area (Å²) >= 11 is 1.60. The lowest BCUT2D eigenvalue weighted by Crippen LogP contribution is -2.27. The molecule has 0 spiro atoms. The van der Waals surface area contributed by atoms with Crippen LogP contribution in [0.15, 0.2) is 42.5 Å². The number of thioether (sulfide) groups is 1. The van der Waals surface area contributed by atoms with Crippen LogP contribution in [0.1, 0.15) is 11.1 Å². The number of hydrogen-bond donors (Lipinski definition) is 1. The molecule has 26 heavy (non-hydrogen) atoms. The van der Waals surface area contributed by atoms with Gasteiger partial charge in [0.15, 0.2) is 11.5 Å². The van der Waals surface area contributed by atoms with E-state index < -0.39 is 0 Å². The normalized spacial score (nSPS) is 10.3. The van der Waals surface area contributed by atoms with Gasteiger partial charge in [-0.25, -0.2) is 0 Å². The highest BCUT2D eigenvalue weighted by Gasteiger charge is 2.06. The lowest BCUT2D eigenvalue weighted by atomic mass is 10.1. The molecule has 0 fully saturated rings. The Bertz CT molecular complexity index is 703. The Morgan fingerprint density at radius 1 is 0.923 bits per heavy atom. The van der Waals surface area contributed by atoms with E-state index in [0.717, 1.165) is 23.5 Å². The summed E-state index contributed by atoms with van der Waals surface area (Å²) in [6, 6.07) is 13.7. The van der Waals surface area contributed by atoms with Gasteiger partial charge < -0.3 is 19.5 Å². The summed E-state index contributed by atoms with van der Waals surface area (Å²) in [6.45, 7) is 0.595. The van der Waals surface area contributed by atoms with Crippen molar-refractivity contribution in [2.45, 2.75) is 12.2 Å². The van der Waals surface area contributed by atoms with Crippen molar-refractivity contribution in [2.75, 3.05) is 33.6 Å². The second kappa shape index (κ2) is 10.6. The zero-order chi connectivity index (χ0) is 18.8. The lowest BCUT2D eigenvalue weighted by Gasteiger charge is -2.10. The maximum Gasteiger partial charge on any atom is 0.230 e. The summed E-state index contributed by atoms with van der Waals surface area (Å²) in [6.07, 6.45) is 0.745. The highest BCUT2D eigenvalue weighted by atomic mass is 32.2. The number of nitrogens with one attached hydrogen (secondary N) is 1. The number of methoxy groups -OCH3 is 3. The van der Waals surface area contributed by atoms with Crippen molar-refractivity contribution < 1.29 is 19.0 Å². The van der Waals surface area contributed by atoms with Crippen molar-refractivity contribution in [3.05, 3.63) is 53.6 Å². The molecule has 5 nitrogen and oxygen atoms in total. The van der Waals surface area contributed by atoms with Gasteiger partial charge in [0.2, 0.25) is 5.91 Å². The van der Waals surface area contributed by atoms with Gasteiger partial charge in [-0.3, -0.25) is 4.79 Å². The molecule has 2 rings (SSSR count). The molecule has 0 heterocycles. The third-order valence-electron chi connectivity index (χ3n) is 3.84. The summed E-state index contributed by atoms with van der Waals surface area (Å²) in [5.74, 6) is 3.53. The Hall–Kier alpha value is -2.34. The Balaban J connectivity index is 1.68. The maximum atomic E-state index is 12.0. The van der Waals surface area contributed by atoms with Crippen LogP contribution in [-0.4, -0.2) is 39.5 Å². The third-order valence-corrected chi connectivity index (χ3v) is 4.85. The molecule has 0 saturated carbocycles. The molecule has 6 heteroatoms. The van der Waals surface area contributed by atoms with Gasteiger partial charge in [-0.1, -0.05) is 18.2 Å². The average Bonchev–Trinajstić information content (AvgIpc) is 2.68. The van der Waals surface area contributed by atoms with E-state index >= 15 is 0 Å². The number of benzene rings is 2. The first-order valence-electron chi connectivity index (χ1n) is 8.34. The SMILES string of the molecule is COc1ccc(CSCC(=O)NCCc2ccc(OC)c(OC)c2)cc1. The number of ether oxygens (including phenoxy) is 3. The molecule has 0 aromatic heterocycles. The van der Waals surface area contributed by atoms with Gasteiger partial charge in [0.05, 0.1) is 27.1 Å². The monoisotopic (exact) mass is 375 g/mol. The van der Waals surface area contributed by atoms with Crippen molar-refractivity contribution in [1.29, 1.82) is 0 Å². The predicted octanol–water partition coefficient (Wildman–Crippen LogP) is 3.30. The van der Waals surface area contributed by atoms with E-state index in [2.05, 4.69) is 5.32 Å². The summed E-state index contributed by atoms with van der Waals surface area (Å²) in [7, 11) is 4.88. The molecule has 0 unspecified atom stereocenters. The largest absolute Gasteiger partial charge is 0.497 e. The van der Waals surface area contributed by atoms with E-state index in [1.807, 2.05) is 42.5 Å². The minimum absolute atomic E-state index is 0.0454. The van der Waals surface area contributed by atoms with Crippen LogP contribution in [0.4, 0.5) is 0 Å². The molecule has 1 amide bonds. The van der Waals surface area contributed by atoms with Crippen LogP contribution in [0.2, 0.25) is 0 Å². The first-order valence-corrected chi connectivity index (χ1v) is 9.50. The van der Waals surface area contributed by atoms with Gasteiger partial charge in [0, 0.05) is 12.3 Å². The minimum atomic E-state index is 0.0454. The average molecular weight is 375 g/mol. The third kappa shape index (κ3) is 6.19. The summed E-state index contributed by atoms with van der Waals surface area (Å²) < 4.78 is 15.6. The van der Waals surface area contributed by atoms with E-state index in [1.165, 1.54) is 5.56 Å². The van der Waals surface area contributed by atoms with Gasteiger partial charge in [-0.15, -0.1) is 11.8 Å². The number of carbonyl (C=O) groups is 1. The Labute approximate surface area is 159 Å². The molecule has 1 N–H and O–H groups in total. The molecule has 0 bridgehead atoms. The Morgan fingerprint density at radius 2 is 1.62 bits per heavy atom. The fraction of sp³-hybridized carbons (Fsp3) is 0.350. The van der Waals surface area contributed by atoms with Gasteiger partial charge in [0.1, 0.15) is 5.75 Å². The second-order valence-electron chi connectivity index (χ2n) is 5.63. The van der Waals surface area contributed by atoms with Crippen LogP contribution >= 0.6 is 11.8 Å². The van der Waals surface area contributed by atoms with Crippen LogP contribution in [0.3, 0.4) is 0 Å². The number of carbonyl (C=O) groups excluding carboxylic acids is 1. The highest BCUT2D eigenvalue weighted by Crippen LogP contribution is 2.27. The molecule has 140 valence electrons. The molecule has 0 radical (unpaired) electrons. The smallest absolute Gasteiger partial charge is 0.230 e. The number of amides is 1. The highest BCUT2D eigenvalue weighted by molar-refractivity contribution is 7.99. The minimum Gasteiger partial charge on any atom is -0.497 e. The molecular formula is C20H25NO4S. The van der Waals surface area contributed by atoms with Crippen molar-refractivity contribution in [3.8, 4) is 17.2 Å². The van der Waals surface area contributed by atoms with Crippen LogP contribution in [0, 0.1) is 0 Å². The topological polar surface area (TPSA) is 56.8 Å². The van der Waals surface area contributed by atoms with Gasteiger partial charge in [-0.05, 0) is 41.8 Å². The van der Waals surface area contributed by atoms with E-state index in [4.69, 9.17) is 14.2 Å². The van der Waals surface area contributed by atoms with Crippen LogP contribution in [-0.2, 0) is 17.0 Å². The fourth-order valence-electron chi connectivity index (χ4n) is 2.42. The zero-order valence-electron chi connectivity index (χ0n) is 15.4. The van der Waals surface area contributed by atoms with Crippen LogP contribution < -0.4 is 19.5 Å². The van der Waals surface area contributed by atoms with Gasteiger partial charge in [-0.2, -0.15) is 0 Å². The maximum absolute atomic E-state index is 12.0. The van der Waals surface area contributed by atoms with Crippen molar-refractivity contribution >= 4 is 17.7 Å². The van der Waals surface area contributed by atoms with Crippen molar-refractivity contribution in [1.82, 2.24) is 5.32 Å². The fourth-order valence-corrected chi connectivity index (χ4v) is 3.23. The molecule has 0 saturated heterocycles.